The normalized spacial score (nSPS) is 12.9. The van der Waals surface area contributed by atoms with Crippen LogP contribution in [0.2, 0.25) is 5.02 Å². The van der Waals surface area contributed by atoms with E-state index in [0.717, 1.165) is 0 Å². The summed E-state index contributed by atoms with van der Waals surface area (Å²) < 4.78 is 18.3. The lowest BCUT2D eigenvalue weighted by Crippen LogP contribution is -2.36. The number of aliphatic hydroxyl groups is 1. The SMILES string of the molecule is CC(C)(C)OC(=O)NCC(CO)Cc1cc(F)ccc1Cl. The number of carbonyl (C=O) groups is 1. The number of benzene rings is 1. The number of halogens is 2. The van der Waals surface area contributed by atoms with Crippen molar-refractivity contribution in [2.45, 2.75) is 32.8 Å². The molecule has 1 aromatic carbocycles. The summed E-state index contributed by atoms with van der Waals surface area (Å²) in [4.78, 5) is 11.6. The summed E-state index contributed by atoms with van der Waals surface area (Å²) in [5, 5.41) is 12.4. The van der Waals surface area contributed by atoms with Crippen molar-refractivity contribution in [2.75, 3.05) is 13.2 Å². The zero-order valence-corrected chi connectivity index (χ0v) is 13.2. The van der Waals surface area contributed by atoms with Gasteiger partial charge in [0, 0.05) is 24.1 Å². The molecule has 4 nitrogen and oxygen atoms in total. The molecule has 0 aliphatic carbocycles. The van der Waals surface area contributed by atoms with Crippen molar-refractivity contribution in [3.63, 3.8) is 0 Å². The Kier molecular flexibility index (Phi) is 6.42. The van der Waals surface area contributed by atoms with E-state index in [1.807, 2.05) is 0 Å². The van der Waals surface area contributed by atoms with Crippen LogP contribution >= 0.6 is 11.6 Å². The summed E-state index contributed by atoms with van der Waals surface area (Å²) in [6.45, 7) is 5.37. The summed E-state index contributed by atoms with van der Waals surface area (Å²) in [6.07, 6.45) is -0.186. The van der Waals surface area contributed by atoms with Gasteiger partial charge in [-0.05, 0) is 51.0 Å². The van der Waals surface area contributed by atoms with Crippen LogP contribution in [0.1, 0.15) is 26.3 Å². The van der Waals surface area contributed by atoms with E-state index in [0.29, 0.717) is 17.0 Å². The lowest BCUT2D eigenvalue weighted by molar-refractivity contribution is 0.0512. The highest BCUT2D eigenvalue weighted by molar-refractivity contribution is 6.31. The van der Waals surface area contributed by atoms with Crippen molar-refractivity contribution < 1.29 is 19.0 Å². The van der Waals surface area contributed by atoms with Crippen molar-refractivity contribution in [3.05, 3.63) is 34.6 Å². The van der Waals surface area contributed by atoms with E-state index < -0.39 is 11.7 Å². The third kappa shape index (κ3) is 6.78. The van der Waals surface area contributed by atoms with Crippen molar-refractivity contribution in [3.8, 4) is 0 Å². The second-order valence-electron chi connectivity index (χ2n) is 5.87. The first-order valence-electron chi connectivity index (χ1n) is 6.73. The molecule has 0 heterocycles. The van der Waals surface area contributed by atoms with Gasteiger partial charge >= 0.3 is 6.09 Å². The van der Waals surface area contributed by atoms with Crippen molar-refractivity contribution in [1.82, 2.24) is 5.32 Å². The minimum absolute atomic E-state index is 0.150. The minimum Gasteiger partial charge on any atom is -0.444 e. The number of nitrogens with one attached hydrogen (secondary N) is 1. The number of carbonyl (C=O) groups excluding carboxylic acids is 1. The average Bonchev–Trinajstić information content (AvgIpc) is 2.36. The molecular weight excluding hydrogens is 297 g/mol. The Morgan fingerprint density at radius 3 is 2.71 bits per heavy atom. The zero-order chi connectivity index (χ0) is 16.0. The van der Waals surface area contributed by atoms with Gasteiger partial charge in [0.2, 0.25) is 0 Å². The lowest BCUT2D eigenvalue weighted by atomic mass is 10.00. The van der Waals surface area contributed by atoms with Crippen LogP contribution in [0, 0.1) is 11.7 Å². The summed E-state index contributed by atoms with van der Waals surface area (Å²) in [5.74, 6) is -0.650. The number of ether oxygens (including phenoxy) is 1. The van der Waals surface area contributed by atoms with E-state index in [4.69, 9.17) is 16.3 Å². The molecule has 1 unspecified atom stereocenters. The Morgan fingerprint density at radius 2 is 2.14 bits per heavy atom. The molecule has 0 bridgehead atoms. The molecule has 1 aromatic rings. The molecular formula is C15H21ClFNO3. The number of hydrogen-bond acceptors (Lipinski definition) is 3. The van der Waals surface area contributed by atoms with Crippen LogP contribution in [-0.2, 0) is 11.2 Å². The van der Waals surface area contributed by atoms with Gasteiger partial charge in [-0.1, -0.05) is 11.6 Å². The van der Waals surface area contributed by atoms with Crippen LogP contribution in [0.3, 0.4) is 0 Å². The van der Waals surface area contributed by atoms with E-state index in [1.54, 1.807) is 20.8 Å². The Hall–Kier alpha value is -1.33. The highest BCUT2D eigenvalue weighted by Gasteiger charge is 2.18. The first-order chi connectivity index (χ1) is 9.71. The summed E-state index contributed by atoms with van der Waals surface area (Å²) in [7, 11) is 0. The van der Waals surface area contributed by atoms with Crippen LogP contribution in [-0.4, -0.2) is 30.0 Å². The third-order valence-electron chi connectivity index (χ3n) is 2.71. The van der Waals surface area contributed by atoms with Crippen LogP contribution in [0.15, 0.2) is 18.2 Å². The average molecular weight is 318 g/mol. The van der Waals surface area contributed by atoms with Crippen LogP contribution < -0.4 is 5.32 Å². The second-order valence-corrected chi connectivity index (χ2v) is 6.28. The molecule has 0 saturated carbocycles. The minimum atomic E-state index is -0.579. The van der Waals surface area contributed by atoms with Gasteiger partial charge < -0.3 is 15.2 Å². The fourth-order valence-corrected chi connectivity index (χ4v) is 1.95. The van der Waals surface area contributed by atoms with Gasteiger partial charge in [0.1, 0.15) is 11.4 Å². The summed E-state index contributed by atoms with van der Waals surface area (Å²) in [5.41, 5.74) is 0.0201. The number of alkyl carbamates (subject to hydrolysis) is 1. The maximum Gasteiger partial charge on any atom is 0.407 e. The number of hydrogen-bond donors (Lipinski definition) is 2. The van der Waals surface area contributed by atoms with Crippen molar-refractivity contribution >= 4 is 17.7 Å². The Labute approximate surface area is 129 Å². The topological polar surface area (TPSA) is 58.6 Å². The van der Waals surface area contributed by atoms with Crippen LogP contribution in [0.25, 0.3) is 0 Å². The molecule has 1 rings (SSSR count). The monoisotopic (exact) mass is 317 g/mol. The molecule has 0 radical (unpaired) electrons. The second kappa shape index (κ2) is 7.61. The van der Waals surface area contributed by atoms with Crippen LogP contribution in [0.5, 0.6) is 0 Å². The predicted molar refractivity (Wildman–Crippen MR) is 79.9 cm³/mol. The van der Waals surface area contributed by atoms with Gasteiger partial charge in [-0.15, -0.1) is 0 Å². The molecule has 0 fully saturated rings. The molecule has 118 valence electrons. The zero-order valence-electron chi connectivity index (χ0n) is 12.5. The molecule has 0 aromatic heterocycles. The first-order valence-corrected chi connectivity index (χ1v) is 7.10. The van der Waals surface area contributed by atoms with E-state index in [1.165, 1.54) is 18.2 Å². The molecule has 0 saturated heterocycles. The third-order valence-corrected chi connectivity index (χ3v) is 3.08. The van der Waals surface area contributed by atoms with Gasteiger partial charge in [-0.3, -0.25) is 0 Å². The van der Waals surface area contributed by atoms with E-state index in [-0.39, 0.29) is 24.9 Å². The highest BCUT2D eigenvalue weighted by atomic mass is 35.5. The Morgan fingerprint density at radius 1 is 1.48 bits per heavy atom. The maximum atomic E-state index is 13.2. The molecule has 6 heteroatoms. The molecule has 21 heavy (non-hydrogen) atoms. The Bertz CT molecular complexity index is 488. The fourth-order valence-electron chi connectivity index (χ4n) is 1.75. The molecule has 0 aliphatic heterocycles. The predicted octanol–water partition coefficient (Wildman–Crippen LogP) is 3.15. The maximum absolute atomic E-state index is 13.2. The molecule has 0 spiro atoms. The first kappa shape index (κ1) is 17.7. The largest absolute Gasteiger partial charge is 0.444 e. The molecule has 2 N–H and O–H groups in total. The van der Waals surface area contributed by atoms with Gasteiger partial charge in [0.05, 0.1) is 0 Å². The Balaban J connectivity index is 2.56. The van der Waals surface area contributed by atoms with Gasteiger partial charge in [-0.25, -0.2) is 9.18 Å². The van der Waals surface area contributed by atoms with Crippen LogP contribution in [0.4, 0.5) is 9.18 Å². The van der Waals surface area contributed by atoms with Crippen molar-refractivity contribution in [1.29, 1.82) is 0 Å². The van der Waals surface area contributed by atoms with Gasteiger partial charge in [-0.2, -0.15) is 0 Å². The molecule has 1 atom stereocenters. The highest BCUT2D eigenvalue weighted by Crippen LogP contribution is 2.20. The number of amides is 1. The quantitative estimate of drug-likeness (QED) is 0.877. The standard InChI is InChI=1S/C15H21ClFNO3/c1-15(2,3)21-14(20)18-8-10(9-19)6-11-7-12(17)4-5-13(11)16/h4-5,7,10,19H,6,8-9H2,1-3H3,(H,18,20). The lowest BCUT2D eigenvalue weighted by Gasteiger charge is -2.21. The van der Waals surface area contributed by atoms with E-state index >= 15 is 0 Å². The van der Waals surface area contributed by atoms with E-state index in [9.17, 15) is 14.3 Å². The van der Waals surface area contributed by atoms with Crippen molar-refractivity contribution in [2.24, 2.45) is 5.92 Å². The number of rotatable bonds is 5. The van der Waals surface area contributed by atoms with E-state index in [2.05, 4.69) is 5.32 Å². The van der Waals surface area contributed by atoms with Gasteiger partial charge in [0.25, 0.3) is 0 Å². The van der Waals surface area contributed by atoms with Gasteiger partial charge in [0.15, 0.2) is 0 Å². The fraction of sp³-hybridized carbons (Fsp3) is 0.533. The molecule has 0 aliphatic rings. The molecule has 1 amide bonds. The smallest absolute Gasteiger partial charge is 0.407 e. The number of aliphatic hydroxyl groups excluding tert-OH is 1. The summed E-state index contributed by atoms with van der Waals surface area (Å²) in [6, 6.07) is 4.08. The summed E-state index contributed by atoms with van der Waals surface area (Å²) >= 11 is 5.99.